The summed E-state index contributed by atoms with van der Waals surface area (Å²) in [4.78, 5) is 14.8. The van der Waals surface area contributed by atoms with Gasteiger partial charge >= 0.3 is 0 Å². The van der Waals surface area contributed by atoms with Crippen molar-refractivity contribution in [2.24, 2.45) is 0 Å². The zero-order valence-electron chi connectivity index (χ0n) is 19.1. The number of carbonyl (C=O) groups is 1. The highest BCUT2D eigenvalue weighted by Gasteiger charge is 2.29. The SMILES string of the molecule is C=CCn1c(CN(c2ccc(F)cc2)S(C)(=O)=O)nnc1SCC(=O)N1[C@H](C)CCC[C@@H]1C. The number of anilines is 1. The third-order valence-electron chi connectivity index (χ3n) is 5.71. The molecule has 11 heteroatoms. The van der Waals surface area contributed by atoms with E-state index in [2.05, 4.69) is 30.6 Å². The van der Waals surface area contributed by atoms with Crippen LogP contribution in [0, 0.1) is 5.82 Å². The number of amides is 1. The molecule has 0 aliphatic carbocycles. The molecule has 0 radical (unpaired) electrons. The lowest BCUT2D eigenvalue weighted by molar-refractivity contribution is -0.134. The first-order valence-corrected chi connectivity index (χ1v) is 13.7. The Kier molecular flexibility index (Phi) is 8.17. The number of likely N-dealkylation sites (tertiary alicyclic amines) is 1. The number of nitrogens with zero attached hydrogens (tertiary/aromatic N) is 5. The van der Waals surface area contributed by atoms with Crippen LogP contribution >= 0.6 is 11.8 Å². The van der Waals surface area contributed by atoms with Crippen molar-refractivity contribution in [3.8, 4) is 0 Å². The van der Waals surface area contributed by atoms with Crippen LogP contribution in [0.4, 0.5) is 10.1 Å². The zero-order chi connectivity index (χ0) is 24.2. The maximum Gasteiger partial charge on any atom is 0.233 e. The van der Waals surface area contributed by atoms with Crippen LogP contribution in [0.1, 0.15) is 38.9 Å². The predicted octanol–water partition coefficient (Wildman–Crippen LogP) is 3.45. The highest BCUT2D eigenvalue weighted by Crippen LogP contribution is 2.26. The average molecular weight is 496 g/mol. The summed E-state index contributed by atoms with van der Waals surface area (Å²) in [5.41, 5.74) is 0.324. The second-order valence-corrected chi connectivity index (χ2v) is 11.1. The number of hydrogen-bond donors (Lipinski definition) is 0. The molecule has 0 unspecified atom stereocenters. The van der Waals surface area contributed by atoms with E-state index < -0.39 is 15.8 Å². The van der Waals surface area contributed by atoms with E-state index in [0.29, 0.717) is 23.2 Å². The van der Waals surface area contributed by atoms with E-state index in [9.17, 15) is 17.6 Å². The molecule has 2 heterocycles. The Morgan fingerprint density at radius 1 is 1.24 bits per heavy atom. The lowest BCUT2D eigenvalue weighted by Gasteiger charge is -2.39. The molecule has 1 fully saturated rings. The number of thioether (sulfide) groups is 1. The van der Waals surface area contributed by atoms with Gasteiger partial charge in [0.1, 0.15) is 5.82 Å². The van der Waals surface area contributed by atoms with Gasteiger partial charge < -0.3 is 9.47 Å². The Morgan fingerprint density at radius 2 is 1.88 bits per heavy atom. The largest absolute Gasteiger partial charge is 0.337 e. The molecule has 1 saturated heterocycles. The van der Waals surface area contributed by atoms with Crippen molar-refractivity contribution in [1.29, 1.82) is 0 Å². The molecule has 0 bridgehead atoms. The summed E-state index contributed by atoms with van der Waals surface area (Å²) in [6.45, 7) is 8.19. The topological polar surface area (TPSA) is 88.4 Å². The Morgan fingerprint density at radius 3 is 2.45 bits per heavy atom. The zero-order valence-corrected chi connectivity index (χ0v) is 20.8. The van der Waals surface area contributed by atoms with Crippen LogP contribution in [0.25, 0.3) is 0 Å². The number of rotatable bonds is 9. The molecule has 2 atom stereocenters. The molecule has 180 valence electrons. The summed E-state index contributed by atoms with van der Waals surface area (Å²) in [5, 5.41) is 8.92. The predicted molar refractivity (Wildman–Crippen MR) is 128 cm³/mol. The van der Waals surface area contributed by atoms with Crippen LogP contribution in [0.15, 0.2) is 42.1 Å². The van der Waals surface area contributed by atoms with Gasteiger partial charge in [-0.25, -0.2) is 12.8 Å². The fourth-order valence-corrected chi connectivity index (χ4v) is 5.80. The molecule has 1 aliphatic heterocycles. The lowest BCUT2D eigenvalue weighted by atomic mass is 9.98. The van der Waals surface area contributed by atoms with Crippen molar-refractivity contribution in [3.63, 3.8) is 0 Å². The minimum Gasteiger partial charge on any atom is -0.337 e. The second-order valence-electron chi connectivity index (χ2n) is 8.26. The standard InChI is InChI=1S/C22H30FN5O3S2/c1-5-13-26-20(14-27(33(4,30)31)19-11-9-18(23)10-12-19)24-25-22(26)32-15-21(29)28-16(2)7-6-8-17(28)3/h5,9-12,16-17H,1,6-8,13-15H2,2-4H3/t16-,17+. The maximum absolute atomic E-state index is 13.3. The first kappa shape index (κ1) is 25.2. The van der Waals surface area contributed by atoms with Gasteiger partial charge in [0, 0.05) is 18.6 Å². The highest BCUT2D eigenvalue weighted by molar-refractivity contribution is 7.99. The third kappa shape index (κ3) is 6.14. The van der Waals surface area contributed by atoms with Gasteiger partial charge in [0.2, 0.25) is 15.9 Å². The molecule has 0 N–H and O–H groups in total. The molecule has 1 aliphatic rings. The summed E-state index contributed by atoms with van der Waals surface area (Å²) in [5.74, 6) is 0.220. The van der Waals surface area contributed by atoms with Gasteiger partial charge in [-0.1, -0.05) is 17.8 Å². The molecule has 33 heavy (non-hydrogen) atoms. The van der Waals surface area contributed by atoms with E-state index in [1.165, 1.54) is 36.0 Å². The van der Waals surface area contributed by atoms with Gasteiger partial charge in [0.15, 0.2) is 11.0 Å². The van der Waals surface area contributed by atoms with Crippen LogP contribution in [0.2, 0.25) is 0 Å². The van der Waals surface area contributed by atoms with Gasteiger partial charge in [-0.15, -0.1) is 16.8 Å². The fraction of sp³-hybridized carbons (Fsp3) is 0.500. The molecule has 1 aromatic heterocycles. The van der Waals surface area contributed by atoms with Crippen molar-refractivity contribution >= 4 is 33.4 Å². The van der Waals surface area contributed by atoms with E-state index in [1.807, 2.05) is 4.90 Å². The highest BCUT2D eigenvalue weighted by atomic mass is 32.2. The van der Waals surface area contributed by atoms with E-state index in [0.717, 1.165) is 29.8 Å². The van der Waals surface area contributed by atoms with Crippen molar-refractivity contribution in [2.45, 2.75) is 63.4 Å². The number of carbonyl (C=O) groups excluding carboxylic acids is 1. The van der Waals surface area contributed by atoms with Crippen molar-refractivity contribution in [1.82, 2.24) is 19.7 Å². The lowest BCUT2D eigenvalue weighted by Crippen LogP contribution is -2.48. The fourth-order valence-electron chi connectivity index (χ4n) is 4.10. The molecule has 8 nitrogen and oxygen atoms in total. The summed E-state index contributed by atoms with van der Waals surface area (Å²) >= 11 is 1.28. The van der Waals surface area contributed by atoms with E-state index >= 15 is 0 Å². The Labute approximate surface area is 198 Å². The summed E-state index contributed by atoms with van der Waals surface area (Å²) in [7, 11) is -3.67. The first-order chi connectivity index (χ1) is 15.6. The molecule has 1 amide bonds. The van der Waals surface area contributed by atoms with Crippen LogP contribution in [-0.2, 0) is 27.9 Å². The Hall–Kier alpha value is -2.40. The number of benzene rings is 1. The molecular formula is C22H30FN5O3S2. The molecule has 0 spiro atoms. The van der Waals surface area contributed by atoms with Gasteiger partial charge in [-0.3, -0.25) is 9.10 Å². The minimum absolute atomic E-state index is 0.0541. The van der Waals surface area contributed by atoms with Crippen LogP contribution in [-0.4, -0.2) is 58.1 Å². The third-order valence-corrected chi connectivity index (χ3v) is 7.80. The molecule has 0 saturated carbocycles. The van der Waals surface area contributed by atoms with Crippen molar-refractivity contribution < 1.29 is 17.6 Å². The first-order valence-electron chi connectivity index (χ1n) is 10.8. The molecule has 3 rings (SSSR count). The molecule has 1 aromatic carbocycles. The number of hydrogen-bond acceptors (Lipinski definition) is 6. The van der Waals surface area contributed by atoms with E-state index in [1.54, 1.807) is 10.6 Å². The van der Waals surface area contributed by atoms with Gasteiger partial charge in [-0.05, 0) is 57.4 Å². The van der Waals surface area contributed by atoms with E-state index in [-0.39, 0.29) is 30.3 Å². The number of halogens is 1. The quantitative estimate of drug-likeness (QED) is 0.391. The summed E-state index contributed by atoms with van der Waals surface area (Å²) in [6.07, 6.45) is 5.88. The number of sulfonamides is 1. The van der Waals surface area contributed by atoms with Gasteiger partial charge in [0.25, 0.3) is 0 Å². The van der Waals surface area contributed by atoms with Crippen LogP contribution in [0.3, 0.4) is 0 Å². The van der Waals surface area contributed by atoms with Gasteiger partial charge in [0.05, 0.1) is 24.2 Å². The second kappa shape index (κ2) is 10.7. The maximum atomic E-state index is 13.3. The number of aromatic nitrogens is 3. The number of allylic oxidation sites excluding steroid dienone is 1. The average Bonchev–Trinajstić information content (AvgIpc) is 3.12. The Balaban J connectivity index is 1.80. The summed E-state index contributed by atoms with van der Waals surface area (Å²) in [6, 6.07) is 5.64. The molecule has 2 aromatic rings. The van der Waals surface area contributed by atoms with Crippen LogP contribution < -0.4 is 4.31 Å². The summed E-state index contributed by atoms with van der Waals surface area (Å²) < 4.78 is 41.1. The van der Waals surface area contributed by atoms with Crippen molar-refractivity contribution in [2.75, 3.05) is 16.3 Å². The van der Waals surface area contributed by atoms with Crippen molar-refractivity contribution in [3.05, 3.63) is 48.6 Å². The van der Waals surface area contributed by atoms with E-state index in [4.69, 9.17) is 0 Å². The van der Waals surface area contributed by atoms with Crippen LogP contribution in [0.5, 0.6) is 0 Å². The molecular weight excluding hydrogens is 465 g/mol. The normalized spacial score (nSPS) is 18.8. The smallest absolute Gasteiger partial charge is 0.233 e. The monoisotopic (exact) mass is 495 g/mol. The number of piperidine rings is 1. The Bertz CT molecular complexity index is 1080. The van der Waals surface area contributed by atoms with Gasteiger partial charge in [-0.2, -0.15) is 0 Å². The minimum atomic E-state index is -3.67.